The molecular weight excluding hydrogens is 239 g/mol. The van der Waals surface area contributed by atoms with Crippen molar-refractivity contribution >= 4 is 11.8 Å². The first-order valence-corrected chi connectivity index (χ1v) is 7.11. The smallest absolute Gasteiger partial charge is 0.128 e. The molecule has 17 heavy (non-hydrogen) atoms. The van der Waals surface area contributed by atoms with E-state index in [4.69, 9.17) is 4.74 Å². The number of hydrogen-bond donors (Lipinski definition) is 1. The highest BCUT2D eigenvalue weighted by atomic mass is 32.2. The summed E-state index contributed by atoms with van der Waals surface area (Å²) in [6.45, 7) is 0. The number of ether oxygens (including phenoxy) is 1. The molecule has 1 saturated heterocycles. The first-order valence-electron chi connectivity index (χ1n) is 5.96. The third-order valence-electron chi connectivity index (χ3n) is 3.56. The highest BCUT2D eigenvalue weighted by Crippen LogP contribution is 2.40. The first-order chi connectivity index (χ1) is 8.24. The van der Waals surface area contributed by atoms with Crippen molar-refractivity contribution in [3.05, 3.63) is 29.6 Å². The van der Waals surface area contributed by atoms with E-state index in [0.717, 1.165) is 17.9 Å². The Morgan fingerprint density at radius 3 is 3.06 bits per heavy atom. The lowest BCUT2D eigenvalue weighted by Crippen LogP contribution is -2.32. The molecule has 0 saturated carbocycles. The molecule has 1 fully saturated rings. The van der Waals surface area contributed by atoms with E-state index in [1.807, 2.05) is 11.8 Å². The Morgan fingerprint density at radius 1 is 1.41 bits per heavy atom. The van der Waals surface area contributed by atoms with Crippen LogP contribution in [0, 0.1) is 11.7 Å². The summed E-state index contributed by atoms with van der Waals surface area (Å²) in [5.74, 6) is 2.95. The minimum absolute atomic E-state index is 0.0364. The van der Waals surface area contributed by atoms with Gasteiger partial charge in [-0.1, -0.05) is 0 Å². The maximum absolute atomic E-state index is 13.2. The molecule has 4 heteroatoms. The molecule has 0 radical (unpaired) electrons. The van der Waals surface area contributed by atoms with E-state index >= 15 is 0 Å². The summed E-state index contributed by atoms with van der Waals surface area (Å²) in [6.07, 6.45) is 1.28. The zero-order chi connectivity index (χ0) is 11.8. The fourth-order valence-electron chi connectivity index (χ4n) is 2.58. The molecule has 2 heterocycles. The molecule has 0 amide bonds. The number of halogens is 1. The third-order valence-corrected chi connectivity index (χ3v) is 4.75. The van der Waals surface area contributed by atoms with Crippen LogP contribution in [0.15, 0.2) is 18.2 Å². The van der Waals surface area contributed by atoms with E-state index < -0.39 is 6.10 Å². The quantitative estimate of drug-likeness (QED) is 0.835. The van der Waals surface area contributed by atoms with Crippen molar-refractivity contribution in [2.75, 3.05) is 11.5 Å². The van der Waals surface area contributed by atoms with Crippen molar-refractivity contribution in [2.24, 2.45) is 5.92 Å². The fraction of sp³-hybridized carbons (Fsp3) is 0.538. The van der Waals surface area contributed by atoms with Crippen LogP contribution >= 0.6 is 11.8 Å². The van der Waals surface area contributed by atoms with Crippen LogP contribution in [0.25, 0.3) is 0 Å². The van der Waals surface area contributed by atoms with E-state index in [2.05, 4.69) is 0 Å². The van der Waals surface area contributed by atoms with Gasteiger partial charge < -0.3 is 9.84 Å². The number of aliphatic hydroxyl groups excluding tert-OH is 1. The van der Waals surface area contributed by atoms with E-state index in [-0.39, 0.29) is 11.9 Å². The number of thioether (sulfide) groups is 1. The third kappa shape index (κ3) is 2.16. The lowest BCUT2D eigenvalue weighted by Gasteiger charge is -2.32. The lowest BCUT2D eigenvalue weighted by atomic mass is 9.91. The van der Waals surface area contributed by atoms with Crippen molar-refractivity contribution in [3.63, 3.8) is 0 Å². The molecule has 0 aromatic heterocycles. The van der Waals surface area contributed by atoms with Crippen LogP contribution in [0.3, 0.4) is 0 Å². The number of fused-ring (bicyclic) bond motifs is 1. The summed E-state index contributed by atoms with van der Waals surface area (Å²) in [4.78, 5) is 0. The predicted octanol–water partition coefficient (Wildman–Crippen LogP) is 2.76. The minimum Gasteiger partial charge on any atom is -0.490 e. The van der Waals surface area contributed by atoms with Gasteiger partial charge >= 0.3 is 0 Å². The van der Waals surface area contributed by atoms with Gasteiger partial charge in [0.2, 0.25) is 0 Å². The first kappa shape index (κ1) is 11.4. The van der Waals surface area contributed by atoms with Gasteiger partial charge in [0.25, 0.3) is 0 Å². The number of rotatable bonds is 1. The molecule has 1 aromatic rings. The van der Waals surface area contributed by atoms with Crippen molar-refractivity contribution in [1.82, 2.24) is 0 Å². The van der Waals surface area contributed by atoms with Gasteiger partial charge in [-0.05, 0) is 30.1 Å². The van der Waals surface area contributed by atoms with Gasteiger partial charge in [0.1, 0.15) is 17.7 Å². The zero-order valence-corrected chi connectivity index (χ0v) is 10.3. The van der Waals surface area contributed by atoms with Crippen LogP contribution in [0.5, 0.6) is 5.75 Å². The number of hydrogen-bond acceptors (Lipinski definition) is 3. The molecule has 1 N–H and O–H groups in total. The van der Waals surface area contributed by atoms with Crippen molar-refractivity contribution in [1.29, 1.82) is 0 Å². The van der Waals surface area contributed by atoms with E-state index in [9.17, 15) is 9.50 Å². The second kappa shape index (κ2) is 4.50. The fourth-order valence-corrected chi connectivity index (χ4v) is 3.90. The predicted molar refractivity (Wildman–Crippen MR) is 65.8 cm³/mol. The highest BCUT2D eigenvalue weighted by Gasteiger charge is 2.34. The molecule has 1 aromatic carbocycles. The molecule has 0 aliphatic carbocycles. The van der Waals surface area contributed by atoms with Crippen molar-refractivity contribution < 1.29 is 14.2 Å². The lowest BCUT2D eigenvalue weighted by molar-refractivity contribution is 0.0399. The van der Waals surface area contributed by atoms with E-state index in [1.54, 1.807) is 6.07 Å². The molecule has 2 unspecified atom stereocenters. The Morgan fingerprint density at radius 2 is 2.29 bits per heavy atom. The van der Waals surface area contributed by atoms with Gasteiger partial charge in [0.15, 0.2) is 0 Å². The molecule has 0 spiro atoms. The normalized spacial score (nSPS) is 32.0. The molecule has 2 aliphatic rings. The summed E-state index contributed by atoms with van der Waals surface area (Å²) >= 11 is 1.93. The van der Waals surface area contributed by atoms with Gasteiger partial charge in [0.05, 0.1) is 6.10 Å². The van der Waals surface area contributed by atoms with E-state index in [1.165, 1.54) is 12.1 Å². The van der Waals surface area contributed by atoms with Gasteiger partial charge in [-0.25, -0.2) is 4.39 Å². The number of aliphatic hydroxyl groups is 1. The van der Waals surface area contributed by atoms with Gasteiger partial charge in [0, 0.05) is 24.0 Å². The zero-order valence-electron chi connectivity index (χ0n) is 9.43. The van der Waals surface area contributed by atoms with Crippen LogP contribution in [0.1, 0.15) is 24.5 Å². The SMILES string of the molecule is O[C@@H]1CC(C2CCSC2)Oc2cc(F)ccc21. The van der Waals surface area contributed by atoms with Crippen molar-refractivity contribution in [2.45, 2.75) is 25.0 Å². The standard InChI is InChI=1S/C13H15FO2S/c14-9-1-2-10-11(15)6-12(16-13(10)5-9)8-3-4-17-7-8/h1-2,5,8,11-12,15H,3-4,6-7H2/t8?,11-,12?/m1/s1. The van der Waals surface area contributed by atoms with Gasteiger partial charge in [-0.15, -0.1) is 0 Å². The second-order valence-electron chi connectivity index (χ2n) is 4.71. The molecule has 0 bridgehead atoms. The van der Waals surface area contributed by atoms with Gasteiger partial charge in [-0.2, -0.15) is 11.8 Å². The Hall–Kier alpha value is -0.740. The number of benzene rings is 1. The Bertz CT molecular complexity index is 418. The minimum atomic E-state index is -0.519. The summed E-state index contributed by atoms with van der Waals surface area (Å²) in [5.41, 5.74) is 0.716. The summed E-state index contributed by atoms with van der Waals surface area (Å²) in [7, 11) is 0. The van der Waals surface area contributed by atoms with Crippen LogP contribution in [0.4, 0.5) is 4.39 Å². The molecule has 92 valence electrons. The van der Waals surface area contributed by atoms with Gasteiger partial charge in [-0.3, -0.25) is 0 Å². The molecule has 3 rings (SSSR count). The molecular formula is C13H15FO2S. The monoisotopic (exact) mass is 254 g/mol. The second-order valence-corrected chi connectivity index (χ2v) is 5.86. The maximum atomic E-state index is 13.2. The summed E-state index contributed by atoms with van der Waals surface area (Å²) in [6, 6.07) is 4.37. The molecule has 2 aliphatic heterocycles. The van der Waals surface area contributed by atoms with Crippen molar-refractivity contribution in [3.8, 4) is 5.75 Å². The molecule has 2 nitrogen and oxygen atoms in total. The van der Waals surface area contributed by atoms with Crippen LogP contribution in [-0.2, 0) is 0 Å². The van der Waals surface area contributed by atoms with Crippen LogP contribution < -0.4 is 4.74 Å². The Balaban J connectivity index is 1.85. The Kier molecular flexibility index (Phi) is 3.01. The summed E-state index contributed by atoms with van der Waals surface area (Å²) < 4.78 is 19.0. The molecule has 3 atom stereocenters. The summed E-state index contributed by atoms with van der Waals surface area (Å²) in [5, 5.41) is 10.1. The average Bonchev–Trinajstić information content (AvgIpc) is 2.81. The van der Waals surface area contributed by atoms with E-state index in [0.29, 0.717) is 23.7 Å². The maximum Gasteiger partial charge on any atom is 0.128 e. The Labute approximate surface area is 104 Å². The largest absolute Gasteiger partial charge is 0.490 e. The average molecular weight is 254 g/mol. The topological polar surface area (TPSA) is 29.5 Å². The van der Waals surface area contributed by atoms with Crippen LogP contribution in [-0.4, -0.2) is 22.7 Å². The van der Waals surface area contributed by atoms with Crippen LogP contribution in [0.2, 0.25) is 0 Å². The highest BCUT2D eigenvalue weighted by molar-refractivity contribution is 7.99.